The van der Waals surface area contributed by atoms with Gasteiger partial charge in [-0.25, -0.2) is 8.42 Å². The average molecular weight is 368 g/mol. The van der Waals surface area contributed by atoms with E-state index in [0.29, 0.717) is 31.2 Å². The second-order valence-electron chi connectivity index (χ2n) is 6.85. The van der Waals surface area contributed by atoms with Crippen molar-refractivity contribution in [1.29, 1.82) is 0 Å². The Balaban J connectivity index is 2.02. The van der Waals surface area contributed by atoms with Crippen molar-refractivity contribution in [2.75, 3.05) is 26.7 Å². The predicted molar refractivity (Wildman–Crippen MR) is 96.9 cm³/mol. The molecule has 2 rings (SSSR count). The Bertz CT molecular complexity index is 671. The number of nitrogens with one attached hydrogen (secondary N) is 1. The van der Waals surface area contributed by atoms with E-state index in [1.54, 1.807) is 24.3 Å². The topological polar surface area (TPSA) is 75.7 Å². The molecule has 1 aromatic rings. The first kappa shape index (κ1) is 19.7. The smallest absolute Gasteiger partial charge is 0.243 e. The van der Waals surface area contributed by atoms with Crippen molar-refractivity contribution in [3.63, 3.8) is 0 Å². The predicted octanol–water partition coefficient (Wildman–Crippen LogP) is 2.26. The SMILES string of the molecule is COc1ccc(S(=O)(=O)N2CCC[C@H](C(=O)NCCC(C)C)C2)cc1. The lowest BCUT2D eigenvalue weighted by Gasteiger charge is -2.31. The summed E-state index contributed by atoms with van der Waals surface area (Å²) < 4.78 is 32.1. The molecule has 0 spiro atoms. The first-order chi connectivity index (χ1) is 11.8. The fourth-order valence-electron chi connectivity index (χ4n) is 2.90. The van der Waals surface area contributed by atoms with Crippen molar-refractivity contribution in [2.45, 2.75) is 38.0 Å². The van der Waals surface area contributed by atoms with E-state index >= 15 is 0 Å². The Morgan fingerprint density at radius 3 is 2.60 bits per heavy atom. The number of carbonyl (C=O) groups is 1. The number of methoxy groups -OCH3 is 1. The fraction of sp³-hybridized carbons (Fsp3) is 0.611. The standard InChI is InChI=1S/C18H28N2O4S/c1-14(2)10-11-19-18(21)15-5-4-12-20(13-15)25(22,23)17-8-6-16(24-3)7-9-17/h6-9,14-15H,4-5,10-13H2,1-3H3,(H,19,21)/t15-/m0/s1. The molecule has 1 amide bonds. The molecule has 140 valence electrons. The maximum Gasteiger partial charge on any atom is 0.243 e. The summed E-state index contributed by atoms with van der Waals surface area (Å²) in [6, 6.07) is 6.35. The van der Waals surface area contributed by atoms with Crippen LogP contribution in [-0.4, -0.2) is 45.4 Å². The molecule has 1 aliphatic rings. The van der Waals surface area contributed by atoms with Gasteiger partial charge in [0.15, 0.2) is 0 Å². The van der Waals surface area contributed by atoms with E-state index < -0.39 is 10.0 Å². The number of rotatable bonds is 7. The average Bonchev–Trinajstić information content (AvgIpc) is 2.61. The molecule has 0 saturated carbocycles. The molecule has 1 atom stereocenters. The molecule has 25 heavy (non-hydrogen) atoms. The van der Waals surface area contributed by atoms with Gasteiger partial charge in [-0.1, -0.05) is 13.8 Å². The van der Waals surface area contributed by atoms with Crippen LogP contribution in [0.25, 0.3) is 0 Å². The number of piperidine rings is 1. The number of ether oxygens (including phenoxy) is 1. The van der Waals surface area contributed by atoms with Crippen molar-refractivity contribution in [3.8, 4) is 5.75 Å². The van der Waals surface area contributed by atoms with Gasteiger partial charge in [0.2, 0.25) is 15.9 Å². The molecule has 0 radical (unpaired) electrons. The Kier molecular flexibility index (Phi) is 6.84. The lowest BCUT2D eigenvalue weighted by molar-refractivity contribution is -0.126. The Morgan fingerprint density at radius 1 is 1.32 bits per heavy atom. The van der Waals surface area contributed by atoms with Crippen molar-refractivity contribution >= 4 is 15.9 Å². The second-order valence-corrected chi connectivity index (χ2v) is 8.79. The quantitative estimate of drug-likeness (QED) is 0.801. The van der Waals surface area contributed by atoms with Crippen molar-refractivity contribution < 1.29 is 17.9 Å². The second kappa shape index (κ2) is 8.67. The number of hydrogen-bond donors (Lipinski definition) is 1. The minimum absolute atomic E-state index is 0.0460. The van der Waals surface area contributed by atoms with Gasteiger partial charge in [-0.15, -0.1) is 0 Å². The van der Waals surface area contributed by atoms with Gasteiger partial charge in [0.05, 0.1) is 17.9 Å². The van der Waals surface area contributed by atoms with Crippen molar-refractivity contribution in [1.82, 2.24) is 9.62 Å². The van der Waals surface area contributed by atoms with Gasteiger partial charge in [-0.05, 0) is 49.4 Å². The summed E-state index contributed by atoms with van der Waals surface area (Å²) in [5, 5.41) is 2.93. The van der Waals surface area contributed by atoms with E-state index in [0.717, 1.165) is 12.8 Å². The summed E-state index contributed by atoms with van der Waals surface area (Å²) in [4.78, 5) is 12.6. The number of sulfonamides is 1. The first-order valence-corrected chi connectivity index (χ1v) is 10.2. The van der Waals surface area contributed by atoms with Crippen LogP contribution in [0.4, 0.5) is 0 Å². The maximum absolute atomic E-state index is 12.8. The number of nitrogens with zero attached hydrogens (tertiary/aromatic N) is 1. The van der Waals surface area contributed by atoms with Crippen molar-refractivity contribution in [2.24, 2.45) is 11.8 Å². The van der Waals surface area contributed by atoms with Gasteiger partial charge in [-0.2, -0.15) is 4.31 Å². The highest BCUT2D eigenvalue weighted by Crippen LogP contribution is 2.25. The third kappa shape index (κ3) is 5.19. The zero-order valence-electron chi connectivity index (χ0n) is 15.2. The van der Waals surface area contributed by atoms with Crippen molar-refractivity contribution in [3.05, 3.63) is 24.3 Å². The molecule has 6 nitrogen and oxygen atoms in total. The van der Waals surface area contributed by atoms with Crippen LogP contribution in [0, 0.1) is 11.8 Å². The van der Waals surface area contributed by atoms with Gasteiger partial charge in [0, 0.05) is 19.6 Å². The van der Waals surface area contributed by atoms with E-state index in [9.17, 15) is 13.2 Å². The maximum atomic E-state index is 12.8. The Labute approximate surface area is 150 Å². The van der Waals surface area contributed by atoms with Crippen LogP contribution < -0.4 is 10.1 Å². The van der Waals surface area contributed by atoms with Crippen LogP contribution in [0.3, 0.4) is 0 Å². The van der Waals surface area contributed by atoms with Crippen LogP contribution in [0.15, 0.2) is 29.2 Å². The summed E-state index contributed by atoms with van der Waals surface area (Å²) in [5.41, 5.74) is 0. The lowest BCUT2D eigenvalue weighted by Crippen LogP contribution is -2.45. The number of hydrogen-bond acceptors (Lipinski definition) is 4. The van der Waals surface area contributed by atoms with E-state index in [-0.39, 0.29) is 23.3 Å². The van der Waals surface area contributed by atoms with Crippen LogP contribution in [0.5, 0.6) is 5.75 Å². The molecular weight excluding hydrogens is 340 g/mol. The molecule has 0 unspecified atom stereocenters. The van der Waals surface area contributed by atoms with Crippen LogP contribution >= 0.6 is 0 Å². The van der Waals surface area contributed by atoms with Gasteiger partial charge < -0.3 is 10.1 Å². The minimum Gasteiger partial charge on any atom is -0.497 e. The number of amides is 1. The number of carbonyl (C=O) groups excluding carboxylic acids is 1. The lowest BCUT2D eigenvalue weighted by atomic mass is 9.98. The van der Waals surface area contributed by atoms with Gasteiger partial charge in [0.1, 0.15) is 5.75 Å². The highest BCUT2D eigenvalue weighted by molar-refractivity contribution is 7.89. The van der Waals surface area contributed by atoms with Gasteiger partial charge in [-0.3, -0.25) is 4.79 Å². The summed E-state index contributed by atoms with van der Waals surface area (Å²) in [5.74, 6) is 0.808. The molecule has 7 heteroatoms. The molecular formula is C18H28N2O4S. The number of benzene rings is 1. The fourth-order valence-corrected chi connectivity index (χ4v) is 4.42. The highest BCUT2D eigenvalue weighted by Gasteiger charge is 2.33. The van der Waals surface area contributed by atoms with E-state index in [4.69, 9.17) is 4.74 Å². The molecule has 0 bridgehead atoms. The summed E-state index contributed by atoms with van der Waals surface area (Å²) in [6.07, 6.45) is 2.34. The van der Waals surface area contributed by atoms with Gasteiger partial charge in [0.25, 0.3) is 0 Å². The van der Waals surface area contributed by atoms with Crippen LogP contribution in [-0.2, 0) is 14.8 Å². The molecule has 0 aliphatic carbocycles. The van der Waals surface area contributed by atoms with E-state index in [1.165, 1.54) is 11.4 Å². The van der Waals surface area contributed by atoms with Crippen LogP contribution in [0.1, 0.15) is 33.1 Å². The third-order valence-corrected chi connectivity index (χ3v) is 6.35. The van der Waals surface area contributed by atoms with Crippen LogP contribution in [0.2, 0.25) is 0 Å². The highest BCUT2D eigenvalue weighted by atomic mass is 32.2. The third-order valence-electron chi connectivity index (χ3n) is 4.47. The summed E-state index contributed by atoms with van der Waals surface area (Å²) in [7, 11) is -2.05. The minimum atomic E-state index is -3.59. The van der Waals surface area contributed by atoms with E-state index in [2.05, 4.69) is 19.2 Å². The molecule has 0 aromatic heterocycles. The van der Waals surface area contributed by atoms with Gasteiger partial charge >= 0.3 is 0 Å². The monoisotopic (exact) mass is 368 g/mol. The zero-order valence-corrected chi connectivity index (χ0v) is 16.0. The molecule has 1 fully saturated rings. The summed E-state index contributed by atoms with van der Waals surface area (Å²) in [6.45, 7) is 5.54. The van der Waals surface area contributed by atoms with E-state index in [1.807, 2.05) is 0 Å². The zero-order chi connectivity index (χ0) is 18.4. The Morgan fingerprint density at radius 2 is 2.00 bits per heavy atom. The largest absolute Gasteiger partial charge is 0.497 e. The Hall–Kier alpha value is -1.60. The molecule has 1 aromatic carbocycles. The molecule has 1 saturated heterocycles. The normalized spacial score (nSPS) is 19.0. The first-order valence-electron chi connectivity index (χ1n) is 8.76. The molecule has 1 heterocycles. The molecule has 1 aliphatic heterocycles. The molecule has 1 N–H and O–H groups in total. The summed E-state index contributed by atoms with van der Waals surface area (Å²) >= 11 is 0.